The van der Waals surface area contributed by atoms with Crippen LogP contribution in [0.3, 0.4) is 0 Å². The molecule has 2 aromatic carbocycles. The zero-order valence-corrected chi connectivity index (χ0v) is 24.6. The van der Waals surface area contributed by atoms with E-state index >= 15 is 0 Å². The normalized spacial score (nSPS) is 15.0. The van der Waals surface area contributed by atoms with Crippen LogP contribution in [0.25, 0.3) is 0 Å². The molecule has 0 heterocycles. The van der Waals surface area contributed by atoms with Crippen molar-refractivity contribution < 1.29 is 5.11 Å². The Morgan fingerprint density at radius 3 is 1.76 bits per heavy atom. The van der Waals surface area contributed by atoms with Crippen molar-refractivity contribution in [3.05, 3.63) is 71.8 Å². The van der Waals surface area contributed by atoms with Crippen LogP contribution >= 0.6 is 0 Å². The summed E-state index contributed by atoms with van der Waals surface area (Å²) in [4.78, 5) is 2.67. The topological polar surface area (TPSA) is 23.5 Å². The summed E-state index contributed by atoms with van der Waals surface area (Å²) in [7, 11) is -2.86. The standard InChI is InChI=1S/C29H49NOSi2/c1-9-16-28(21-29(31,23-32(3,4)5)24-33(6,7)8)30(22-26-17-12-10-13-18-26)25(2)27-19-14-11-15-20-27/h10-15,17-20,25,28,31H,9,16,21-24H2,1-8H3/t25-,28-/m0/s1. The zero-order chi connectivity index (χ0) is 24.7. The number of hydrogen-bond acceptors (Lipinski definition) is 2. The van der Waals surface area contributed by atoms with Gasteiger partial charge < -0.3 is 5.11 Å². The fraction of sp³-hybridized carbons (Fsp3) is 0.586. The van der Waals surface area contributed by atoms with Crippen molar-refractivity contribution in [2.45, 2.75) is 109 Å². The highest BCUT2D eigenvalue weighted by Crippen LogP contribution is 2.38. The Kier molecular flexibility index (Phi) is 10.2. The Morgan fingerprint density at radius 1 is 0.818 bits per heavy atom. The van der Waals surface area contributed by atoms with E-state index in [1.807, 2.05) is 0 Å². The molecule has 0 aliphatic heterocycles. The van der Waals surface area contributed by atoms with Crippen molar-refractivity contribution >= 4 is 16.1 Å². The van der Waals surface area contributed by atoms with Gasteiger partial charge in [0.1, 0.15) is 0 Å². The van der Waals surface area contributed by atoms with E-state index in [0.717, 1.165) is 37.9 Å². The predicted molar refractivity (Wildman–Crippen MR) is 151 cm³/mol. The molecule has 0 fully saturated rings. The summed E-state index contributed by atoms with van der Waals surface area (Å²) in [5.41, 5.74) is 2.13. The first-order valence-electron chi connectivity index (χ1n) is 12.9. The highest BCUT2D eigenvalue weighted by atomic mass is 28.3. The van der Waals surface area contributed by atoms with E-state index in [1.54, 1.807) is 0 Å². The van der Waals surface area contributed by atoms with Crippen LogP contribution in [0.4, 0.5) is 0 Å². The molecule has 0 saturated heterocycles. The van der Waals surface area contributed by atoms with E-state index in [0.29, 0.717) is 12.1 Å². The van der Waals surface area contributed by atoms with Gasteiger partial charge >= 0.3 is 0 Å². The molecule has 0 aromatic heterocycles. The quantitative estimate of drug-likeness (QED) is 0.290. The second kappa shape index (κ2) is 12.0. The maximum atomic E-state index is 12.2. The Morgan fingerprint density at radius 2 is 1.30 bits per heavy atom. The van der Waals surface area contributed by atoms with Gasteiger partial charge in [-0.1, -0.05) is 113 Å². The Hall–Kier alpha value is -1.21. The molecule has 1 N–H and O–H groups in total. The molecule has 2 rings (SSSR count). The SMILES string of the molecule is CCC[C@@H](CC(O)(C[Si](C)(C)C)C[Si](C)(C)C)N(Cc1ccccc1)[C@@H](C)c1ccccc1. The molecule has 0 radical (unpaired) electrons. The maximum Gasteiger partial charge on any atom is 0.0616 e. The zero-order valence-electron chi connectivity index (χ0n) is 22.6. The molecule has 0 spiro atoms. The van der Waals surface area contributed by atoms with Gasteiger partial charge in [-0.15, -0.1) is 0 Å². The smallest absolute Gasteiger partial charge is 0.0616 e. The molecule has 2 nitrogen and oxygen atoms in total. The van der Waals surface area contributed by atoms with E-state index < -0.39 is 21.7 Å². The lowest BCUT2D eigenvalue weighted by Crippen LogP contribution is -2.49. The summed E-state index contributed by atoms with van der Waals surface area (Å²) in [6, 6.07) is 24.4. The van der Waals surface area contributed by atoms with Gasteiger partial charge in [0.15, 0.2) is 0 Å². The molecule has 0 bridgehead atoms. The summed E-state index contributed by atoms with van der Waals surface area (Å²) in [6.45, 7) is 20.0. The lowest BCUT2D eigenvalue weighted by Gasteiger charge is -2.44. The van der Waals surface area contributed by atoms with Gasteiger partial charge in [-0.25, -0.2) is 0 Å². The van der Waals surface area contributed by atoms with Crippen molar-refractivity contribution in [2.24, 2.45) is 0 Å². The van der Waals surface area contributed by atoms with Gasteiger partial charge in [0.05, 0.1) is 5.60 Å². The van der Waals surface area contributed by atoms with E-state index in [9.17, 15) is 5.11 Å². The first-order valence-corrected chi connectivity index (χ1v) is 20.3. The van der Waals surface area contributed by atoms with Crippen LogP contribution in [-0.4, -0.2) is 37.8 Å². The van der Waals surface area contributed by atoms with Gasteiger partial charge in [0.2, 0.25) is 0 Å². The van der Waals surface area contributed by atoms with Gasteiger partial charge in [-0.3, -0.25) is 4.90 Å². The molecule has 0 aliphatic carbocycles. The predicted octanol–water partition coefficient (Wildman–Crippen LogP) is 8.22. The first kappa shape index (κ1) is 28.0. The number of rotatable bonds is 13. The van der Waals surface area contributed by atoms with Gasteiger partial charge in [0.25, 0.3) is 0 Å². The van der Waals surface area contributed by atoms with E-state index in [1.165, 1.54) is 11.1 Å². The molecule has 184 valence electrons. The number of benzene rings is 2. The minimum Gasteiger partial charge on any atom is -0.390 e. The van der Waals surface area contributed by atoms with Crippen LogP contribution in [0.15, 0.2) is 60.7 Å². The average Bonchev–Trinajstić information content (AvgIpc) is 2.69. The molecule has 33 heavy (non-hydrogen) atoms. The summed E-state index contributed by atoms with van der Waals surface area (Å²) in [6.07, 6.45) is 3.12. The van der Waals surface area contributed by atoms with Crippen molar-refractivity contribution in [2.75, 3.05) is 0 Å². The second-order valence-electron chi connectivity index (χ2n) is 12.6. The third-order valence-corrected chi connectivity index (χ3v) is 9.85. The molecular formula is C29H49NOSi2. The minimum atomic E-state index is -1.43. The summed E-state index contributed by atoms with van der Waals surface area (Å²) >= 11 is 0. The minimum absolute atomic E-state index is 0.297. The van der Waals surface area contributed by atoms with E-state index in [4.69, 9.17) is 0 Å². The van der Waals surface area contributed by atoms with Gasteiger partial charge in [0, 0.05) is 34.8 Å². The summed E-state index contributed by atoms with van der Waals surface area (Å²) in [5.74, 6) is 0. The number of hydrogen-bond donors (Lipinski definition) is 1. The molecule has 0 saturated carbocycles. The largest absolute Gasteiger partial charge is 0.390 e. The molecule has 0 unspecified atom stereocenters. The lowest BCUT2D eigenvalue weighted by atomic mass is 9.92. The number of nitrogens with zero attached hydrogens (tertiary/aromatic N) is 1. The van der Waals surface area contributed by atoms with E-state index in [-0.39, 0.29) is 0 Å². The molecule has 0 aliphatic rings. The van der Waals surface area contributed by atoms with Crippen LogP contribution in [0.5, 0.6) is 0 Å². The van der Waals surface area contributed by atoms with Crippen LogP contribution in [0.1, 0.15) is 50.3 Å². The van der Waals surface area contributed by atoms with Crippen LogP contribution in [0, 0.1) is 0 Å². The fourth-order valence-electron chi connectivity index (χ4n) is 5.64. The summed E-state index contributed by atoms with van der Waals surface area (Å²) < 4.78 is 0. The van der Waals surface area contributed by atoms with E-state index in [2.05, 4.69) is 119 Å². The average molecular weight is 484 g/mol. The maximum absolute atomic E-state index is 12.2. The van der Waals surface area contributed by atoms with Crippen molar-refractivity contribution in [1.29, 1.82) is 0 Å². The third-order valence-electron chi connectivity index (χ3n) is 6.41. The highest BCUT2D eigenvalue weighted by Gasteiger charge is 2.40. The van der Waals surface area contributed by atoms with Crippen LogP contribution < -0.4 is 0 Å². The molecule has 0 amide bonds. The van der Waals surface area contributed by atoms with Gasteiger partial charge in [-0.05, 0) is 43.0 Å². The van der Waals surface area contributed by atoms with Crippen LogP contribution in [0.2, 0.25) is 51.4 Å². The third kappa shape index (κ3) is 9.90. The van der Waals surface area contributed by atoms with Crippen molar-refractivity contribution in [3.8, 4) is 0 Å². The molecule has 2 atom stereocenters. The van der Waals surface area contributed by atoms with Gasteiger partial charge in [-0.2, -0.15) is 0 Å². The molecule has 4 heteroatoms. The monoisotopic (exact) mass is 483 g/mol. The van der Waals surface area contributed by atoms with Crippen LogP contribution in [-0.2, 0) is 6.54 Å². The second-order valence-corrected chi connectivity index (χ2v) is 23.5. The molecular weight excluding hydrogens is 434 g/mol. The summed E-state index contributed by atoms with van der Waals surface area (Å²) in [5, 5.41) is 12.2. The Balaban J connectivity index is 2.45. The number of aliphatic hydroxyl groups is 1. The first-order chi connectivity index (χ1) is 15.3. The highest BCUT2D eigenvalue weighted by molar-refractivity contribution is 6.78. The molecule has 2 aromatic rings. The Labute approximate surface area is 206 Å². The van der Waals surface area contributed by atoms with Crippen molar-refractivity contribution in [3.63, 3.8) is 0 Å². The fourth-order valence-corrected chi connectivity index (χ4v) is 10.4. The Bertz CT molecular complexity index is 795. The van der Waals surface area contributed by atoms with Crippen molar-refractivity contribution in [1.82, 2.24) is 4.90 Å². The lowest BCUT2D eigenvalue weighted by molar-refractivity contribution is 0.0146.